The van der Waals surface area contributed by atoms with Crippen molar-refractivity contribution in [1.82, 2.24) is 5.32 Å². The van der Waals surface area contributed by atoms with Gasteiger partial charge in [0.1, 0.15) is 5.76 Å². The van der Waals surface area contributed by atoms with E-state index in [0.717, 1.165) is 0 Å². The van der Waals surface area contributed by atoms with Crippen LogP contribution in [-0.2, 0) is 4.79 Å². The topological polar surface area (TPSA) is 49.3 Å². The molecule has 0 saturated heterocycles. The summed E-state index contributed by atoms with van der Waals surface area (Å²) in [5.74, 6) is 1.67. The van der Waals surface area contributed by atoms with E-state index in [1.807, 2.05) is 0 Å². The molecule has 1 aliphatic heterocycles. The predicted octanol–water partition coefficient (Wildman–Crippen LogP) is 0.973. The van der Waals surface area contributed by atoms with Gasteiger partial charge in [-0.2, -0.15) is 0 Å². The number of fused-ring (bicyclic) bond motifs is 5. The molecule has 0 aromatic heterocycles. The second-order valence-corrected chi connectivity index (χ2v) is 4.46. The molecule has 0 aromatic rings. The zero-order valence-electron chi connectivity index (χ0n) is 7.36. The van der Waals surface area contributed by atoms with E-state index in [1.54, 1.807) is 0 Å². The zero-order valence-corrected chi connectivity index (χ0v) is 7.36. The van der Waals surface area contributed by atoms with Crippen LogP contribution in [-0.4, -0.2) is 17.1 Å². The highest BCUT2D eigenvalue weighted by molar-refractivity contribution is 5.89. The summed E-state index contributed by atoms with van der Waals surface area (Å²) in [5.41, 5.74) is 0. The highest BCUT2D eigenvalue weighted by Gasteiger charge is 2.51. The second kappa shape index (κ2) is 2.28. The summed E-state index contributed by atoms with van der Waals surface area (Å²) >= 11 is 0. The first kappa shape index (κ1) is 7.42. The van der Waals surface area contributed by atoms with Gasteiger partial charge in [0.2, 0.25) is 5.91 Å². The second-order valence-electron chi connectivity index (χ2n) is 4.46. The first-order chi connectivity index (χ1) is 6.25. The number of rotatable bonds is 0. The molecule has 3 aliphatic rings. The Balaban J connectivity index is 1.99. The molecule has 13 heavy (non-hydrogen) atoms. The third kappa shape index (κ3) is 0.872. The third-order valence-electron chi connectivity index (χ3n) is 3.85. The van der Waals surface area contributed by atoms with E-state index in [9.17, 15) is 9.90 Å². The van der Waals surface area contributed by atoms with Gasteiger partial charge in [0, 0.05) is 18.0 Å². The lowest BCUT2D eigenvalue weighted by molar-refractivity contribution is -0.118. The molecule has 3 rings (SSSR count). The van der Waals surface area contributed by atoms with E-state index in [4.69, 9.17) is 0 Å². The molecule has 2 N–H and O–H groups in total. The Kier molecular flexibility index (Phi) is 1.30. The fourth-order valence-corrected chi connectivity index (χ4v) is 3.36. The number of amides is 1. The van der Waals surface area contributed by atoms with E-state index in [0.29, 0.717) is 17.6 Å². The predicted molar refractivity (Wildman–Crippen MR) is 47.0 cm³/mol. The maximum Gasteiger partial charge on any atom is 0.247 e. The highest BCUT2D eigenvalue weighted by Crippen LogP contribution is 2.51. The van der Waals surface area contributed by atoms with Crippen LogP contribution in [0.2, 0.25) is 0 Å². The number of hydrogen-bond donors (Lipinski definition) is 2. The number of aliphatic hydroxyl groups is 1. The summed E-state index contributed by atoms with van der Waals surface area (Å²) in [4.78, 5) is 11.1. The summed E-state index contributed by atoms with van der Waals surface area (Å²) < 4.78 is 0. The lowest BCUT2D eigenvalue weighted by atomic mass is 9.81. The number of nitrogens with one attached hydrogen (secondary N) is 1. The lowest BCUT2D eigenvalue weighted by Gasteiger charge is -2.33. The molecule has 0 unspecified atom stereocenters. The van der Waals surface area contributed by atoms with Gasteiger partial charge in [-0.15, -0.1) is 0 Å². The quantitative estimate of drug-likeness (QED) is 0.582. The Hall–Kier alpha value is -0.990. The normalized spacial score (nSPS) is 47.1. The molecule has 0 aromatic carbocycles. The van der Waals surface area contributed by atoms with E-state index in [1.165, 1.54) is 25.3 Å². The van der Waals surface area contributed by atoms with Crippen molar-refractivity contribution in [3.63, 3.8) is 0 Å². The van der Waals surface area contributed by atoms with Crippen molar-refractivity contribution in [3.8, 4) is 0 Å². The molecule has 4 atom stereocenters. The first-order valence-corrected chi connectivity index (χ1v) is 4.97. The van der Waals surface area contributed by atoms with Crippen LogP contribution in [0.4, 0.5) is 0 Å². The van der Waals surface area contributed by atoms with Crippen molar-refractivity contribution in [1.29, 1.82) is 0 Å². The van der Waals surface area contributed by atoms with Crippen LogP contribution in [0.25, 0.3) is 0 Å². The van der Waals surface area contributed by atoms with Gasteiger partial charge in [-0.1, -0.05) is 0 Å². The Morgan fingerprint density at radius 1 is 1.38 bits per heavy atom. The Bertz CT molecular complexity index is 297. The van der Waals surface area contributed by atoms with Gasteiger partial charge in [0.25, 0.3) is 0 Å². The zero-order chi connectivity index (χ0) is 9.00. The van der Waals surface area contributed by atoms with Gasteiger partial charge < -0.3 is 10.4 Å². The summed E-state index contributed by atoms with van der Waals surface area (Å²) in [7, 11) is 0. The number of aliphatic hydroxyl groups excluding tert-OH is 1. The number of carbonyl (C=O) groups is 1. The number of hydrogen-bond acceptors (Lipinski definition) is 2. The fourth-order valence-electron chi connectivity index (χ4n) is 3.36. The van der Waals surface area contributed by atoms with Crippen LogP contribution in [0, 0.1) is 17.8 Å². The molecule has 3 nitrogen and oxygen atoms in total. The average molecular weight is 179 g/mol. The minimum Gasteiger partial charge on any atom is -0.512 e. The molecule has 2 aliphatic carbocycles. The summed E-state index contributed by atoms with van der Waals surface area (Å²) in [6, 6.07) is 0.233. The highest BCUT2D eigenvalue weighted by atomic mass is 16.3. The molecule has 0 radical (unpaired) electrons. The van der Waals surface area contributed by atoms with Gasteiger partial charge in [-0.25, -0.2) is 0 Å². The molecular weight excluding hydrogens is 166 g/mol. The fraction of sp³-hybridized carbons (Fsp3) is 0.700. The van der Waals surface area contributed by atoms with Crippen LogP contribution >= 0.6 is 0 Å². The van der Waals surface area contributed by atoms with E-state index in [-0.39, 0.29) is 17.9 Å². The van der Waals surface area contributed by atoms with Gasteiger partial charge in [0.15, 0.2) is 0 Å². The smallest absolute Gasteiger partial charge is 0.247 e. The first-order valence-electron chi connectivity index (χ1n) is 4.97. The van der Waals surface area contributed by atoms with Crippen LogP contribution in [0.15, 0.2) is 11.8 Å². The molecule has 2 fully saturated rings. The molecule has 1 heterocycles. The monoisotopic (exact) mass is 179 g/mol. The SMILES string of the molecule is O=C1C=C(O)[C@@H]2[C@H]3CC[C@H](C3)[C@@H]2N1. The summed E-state index contributed by atoms with van der Waals surface area (Å²) in [6.07, 6.45) is 4.98. The third-order valence-corrected chi connectivity index (χ3v) is 3.85. The van der Waals surface area contributed by atoms with Crippen molar-refractivity contribution in [2.75, 3.05) is 0 Å². The van der Waals surface area contributed by atoms with Gasteiger partial charge >= 0.3 is 0 Å². The van der Waals surface area contributed by atoms with Crippen molar-refractivity contribution in [2.24, 2.45) is 17.8 Å². The van der Waals surface area contributed by atoms with Crippen LogP contribution in [0.1, 0.15) is 19.3 Å². The van der Waals surface area contributed by atoms with Crippen LogP contribution in [0.5, 0.6) is 0 Å². The Morgan fingerprint density at radius 2 is 2.15 bits per heavy atom. The van der Waals surface area contributed by atoms with Gasteiger partial charge in [0.05, 0.1) is 0 Å². The van der Waals surface area contributed by atoms with Gasteiger partial charge in [-0.3, -0.25) is 4.79 Å². The van der Waals surface area contributed by atoms with E-state index >= 15 is 0 Å². The number of carbonyl (C=O) groups excluding carboxylic acids is 1. The maximum absolute atomic E-state index is 11.1. The molecule has 1 amide bonds. The minimum atomic E-state index is -0.119. The van der Waals surface area contributed by atoms with E-state index < -0.39 is 0 Å². The summed E-state index contributed by atoms with van der Waals surface area (Å²) in [5, 5.41) is 12.6. The van der Waals surface area contributed by atoms with E-state index in [2.05, 4.69) is 5.32 Å². The molecule has 70 valence electrons. The maximum atomic E-state index is 11.1. The largest absolute Gasteiger partial charge is 0.512 e. The van der Waals surface area contributed by atoms with Crippen LogP contribution in [0.3, 0.4) is 0 Å². The standard InChI is InChI=1S/C10H13NO2/c12-7-4-8(13)11-10-6-2-1-5(3-6)9(7)10/h4-6,9-10,12H,1-3H2,(H,11,13)/t5-,6+,9-,10-/m0/s1. The van der Waals surface area contributed by atoms with Crippen LogP contribution < -0.4 is 5.32 Å². The molecule has 2 saturated carbocycles. The van der Waals surface area contributed by atoms with Gasteiger partial charge in [-0.05, 0) is 31.1 Å². The Morgan fingerprint density at radius 3 is 3.00 bits per heavy atom. The molecule has 2 bridgehead atoms. The molecule has 0 spiro atoms. The van der Waals surface area contributed by atoms with Crippen molar-refractivity contribution < 1.29 is 9.90 Å². The molecular formula is C10H13NO2. The van der Waals surface area contributed by atoms with Crippen molar-refractivity contribution in [2.45, 2.75) is 25.3 Å². The average Bonchev–Trinajstić information content (AvgIpc) is 2.62. The Labute approximate surface area is 76.8 Å². The summed E-state index contributed by atoms with van der Waals surface area (Å²) in [6.45, 7) is 0. The minimum absolute atomic E-state index is 0.119. The van der Waals surface area contributed by atoms with Crippen molar-refractivity contribution >= 4 is 5.91 Å². The van der Waals surface area contributed by atoms with Crippen molar-refractivity contribution in [3.05, 3.63) is 11.8 Å². The molecule has 3 heteroatoms. The lowest BCUT2D eigenvalue weighted by Crippen LogP contribution is -2.47.